The van der Waals surface area contributed by atoms with Gasteiger partial charge < -0.3 is 53.6 Å². The molecule has 0 radical (unpaired) electrons. The van der Waals surface area contributed by atoms with Gasteiger partial charge in [-0.2, -0.15) is 0 Å². The molecular formula is C23H22O12. The molecule has 0 saturated carbocycles. The van der Waals surface area contributed by atoms with Crippen LogP contribution >= 0.6 is 0 Å². The lowest BCUT2D eigenvalue weighted by molar-refractivity contribution is -0.277. The summed E-state index contributed by atoms with van der Waals surface area (Å²) in [4.78, 5) is 13.2. The number of phenolic OH excluding ortho intramolecular Hbond substituents is 1. The second kappa shape index (κ2) is 8.91. The van der Waals surface area contributed by atoms with E-state index < -0.39 is 42.7 Å². The minimum Gasteiger partial charge on any atom is -0.504 e. The number of aliphatic hydroxyl groups excluding tert-OH is 4. The summed E-state index contributed by atoms with van der Waals surface area (Å²) < 4.78 is 32.4. The lowest BCUT2D eigenvalue weighted by Crippen LogP contribution is -2.60. The highest BCUT2D eigenvalue weighted by Gasteiger charge is 2.45. The number of hydrogen-bond acceptors (Lipinski definition) is 12. The van der Waals surface area contributed by atoms with Crippen molar-refractivity contribution in [2.75, 3.05) is 20.5 Å². The summed E-state index contributed by atoms with van der Waals surface area (Å²) in [5.74, 6) is 0.177. The summed E-state index contributed by atoms with van der Waals surface area (Å²) in [6.07, 6.45) is -6.07. The van der Waals surface area contributed by atoms with Crippen LogP contribution in [0.1, 0.15) is 0 Å². The van der Waals surface area contributed by atoms with Crippen LogP contribution in [0.3, 0.4) is 0 Å². The van der Waals surface area contributed by atoms with E-state index in [4.69, 9.17) is 28.1 Å². The largest absolute Gasteiger partial charge is 0.504 e. The van der Waals surface area contributed by atoms with Crippen molar-refractivity contribution in [3.05, 3.63) is 40.8 Å². The first-order valence-electron chi connectivity index (χ1n) is 10.6. The number of fused-ring (bicyclic) bond motifs is 2. The Hall–Kier alpha value is -3.55. The fourth-order valence-corrected chi connectivity index (χ4v) is 4.05. The Bertz CT molecular complexity index is 1320. The number of phenols is 1. The molecule has 2 aliphatic heterocycles. The Kier molecular flexibility index (Phi) is 5.91. The molecule has 12 nitrogen and oxygen atoms in total. The lowest BCUT2D eigenvalue weighted by Gasteiger charge is -2.39. The molecule has 3 aromatic rings. The quantitative estimate of drug-likeness (QED) is 0.326. The Labute approximate surface area is 197 Å². The Morgan fingerprint density at radius 1 is 1.06 bits per heavy atom. The monoisotopic (exact) mass is 490 g/mol. The topological polar surface area (TPSA) is 178 Å². The van der Waals surface area contributed by atoms with Crippen LogP contribution in [-0.4, -0.2) is 76.7 Å². The van der Waals surface area contributed by atoms with Crippen LogP contribution in [0.15, 0.2) is 39.7 Å². The third-order valence-corrected chi connectivity index (χ3v) is 5.94. The molecule has 0 aliphatic carbocycles. The maximum absolute atomic E-state index is 13.2. The Morgan fingerprint density at radius 2 is 1.86 bits per heavy atom. The number of methoxy groups -OCH3 is 1. The highest BCUT2D eigenvalue weighted by molar-refractivity contribution is 5.91. The van der Waals surface area contributed by atoms with Crippen molar-refractivity contribution in [1.82, 2.24) is 0 Å². The predicted molar refractivity (Wildman–Crippen MR) is 117 cm³/mol. The summed E-state index contributed by atoms with van der Waals surface area (Å²) in [7, 11) is 1.36. The molecule has 1 fully saturated rings. The van der Waals surface area contributed by atoms with Gasteiger partial charge in [0, 0.05) is 6.07 Å². The highest BCUT2D eigenvalue weighted by Crippen LogP contribution is 2.45. The van der Waals surface area contributed by atoms with Gasteiger partial charge >= 0.3 is 0 Å². The van der Waals surface area contributed by atoms with E-state index in [1.807, 2.05) is 0 Å². The van der Waals surface area contributed by atoms with E-state index in [9.17, 15) is 30.3 Å². The van der Waals surface area contributed by atoms with Crippen LogP contribution in [0.2, 0.25) is 0 Å². The van der Waals surface area contributed by atoms with Crippen molar-refractivity contribution in [2.24, 2.45) is 0 Å². The molecule has 12 heteroatoms. The molecule has 1 saturated heterocycles. The zero-order chi connectivity index (χ0) is 24.9. The van der Waals surface area contributed by atoms with E-state index in [1.54, 1.807) is 0 Å². The molecule has 5 atom stereocenters. The third-order valence-electron chi connectivity index (χ3n) is 5.94. The number of hydrogen-bond donors (Lipinski definition) is 5. The van der Waals surface area contributed by atoms with Crippen molar-refractivity contribution in [2.45, 2.75) is 30.7 Å². The lowest BCUT2D eigenvalue weighted by atomic mass is 9.99. The minimum absolute atomic E-state index is 0.0582. The molecule has 186 valence electrons. The zero-order valence-corrected chi connectivity index (χ0v) is 18.3. The molecule has 2 aromatic carbocycles. The average molecular weight is 490 g/mol. The number of aliphatic hydroxyl groups is 4. The molecular weight excluding hydrogens is 468 g/mol. The summed E-state index contributed by atoms with van der Waals surface area (Å²) in [6.45, 7) is -0.695. The van der Waals surface area contributed by atoms with Gasteiger partial charge in [0.05, 0.1) is 19.3 Å². The van der Waals surface area contributed by atoms with Crippen LogP contribution in [0, 0.1) is 0 Å². The van der Waals surface area contributed by atoms with Gasteiger partial charge in [0.25, 0.3) is 0 Å². The number of ether oxygens (including phenoxy) is 5. The molecule has 0 amide bonds. The SMILES string of the molecule is COc1cc(-c2coc3cc4c(c(O)c3c2=O)OCO4)ccc1O[C@@H]1O[C@H](CO)[C@@H](O)[C@H](O)[C@H]1O. The van der Waals surface area contributed by atoms with Crippen LogP contribution in [-0.2, 0) is 4.74 Å². The maximum atomic E-state index is 13.2. The average Bonchev–Trinajstić information content (AvgIpc) is 3.34. The molecule has 5 rings (SSSR count). The van der Waals surface area contributed by atoms with Crippen molar-refractivity contribution in [3.63, 3.8) is 0 Å². The Morgan fingerprint density at radius 3 is 2.60 bits per heavy atom. The first kappa shape index (κ1) is 23.2. The van der Waals surface area contributed by atoms with Crippen molar-refractivity contribution in [1.29, 1.82) is 0 Å². The normalized spacial score (nSPS) is 25.6. The van der Waals surface area contributed by atoms with Crippen LogP contribution < -0.4 is 24.4 Å². The molecule has 1 aromatic heterocycles. The smallest absolute Gasteiger partial charge is 0.231 e. The fourth-order valence-electron chi connectivity index (χ4n) is 4.05. The van der Waals surface area contributed by atoms with E-state index in [1.165, 1.54) is 37.6 Å². The molecule has 35 heavy (non-hydrogen) atoms. The van der Waals surface area contributed by atoms with Crippen molar-refractivity contribution >= 4 is 11.0 Å². The first-order valence-corrected chi connectivity index (χ1v) is 10.6. The minimum atomic E-state index is -1.61. The summed E-state index contributed by atoms with van der Waals surface area (Å²) >= 11 is 0. The summed E-state index contributed by atoms with van der Waals surface area (Å²) in [5, 5.41) is 50.0. The first-order chi connectivity index (χ1) is 16.8. The molecule has 0 unspecified atom stereocenters. The fraction of sp³-hybridized carbons (Fsp3) is 0.348. The van der Waals surface area contributed by atoms with Gasteiger partial charge in [0.1, 0.15) is 41.6 Å². The van der Waals surface area contributed by atoms with E-state index in [0.29, 0.717) is 5.56 Å². The summed E-state index contributed by atoms with van der Waals surface area (Å²) in [6, 6.07) is 5.89. The van der Waals surface area contributed by atoms with Gasteiger partial charge in [-0.15, -0.1) is 0 Å². The second-order valence-electron chi connectivity index (χ2n) is 7.99. The predicted octanol–water partition coefficient (Wildman–Crippen LogP) is 0.0816. The Balaban J connectivity index is 1.49. The van der Waals surface area contributed by atoms with Crippen molar-refractivity contribution in [3.8, 4) is 39.9 Å². The van der Waals surface area contributed by atoms with Gasteiger partial charge in [0.15, 0.2) is 23.0 Å². The summed E-state index contributed by atoms with van der Waals surface area (Å²) in [5.41, 5.74) is 0.0850. The van der Waals surface area contributed by atoms with Crippen LogP contribution in [0.25, 0.3) is 22.1 Å². The van der Waals surface area contributed by atoms with Gasteiger partial charge in [-0.3, -0.25) is 4.79 Å². The van der Waals surface area contributed by atoms with Gasteiger partial charge in [-0.05, 0) is 17.7 Å². The van der Waals surface area contributed by atoms with E-state index in [-0.39, 0.29) is 52.1 Å². The molecule has 0 spiro atoms. The second-order valence-corrected chi connectivity index (χ2v) is 7.99. The number of rotatable bonds is 5. The van der Waals surface area contributed by atoms with Gasteiger partial charge in [-0.1, -0.05) is 6.07 Å². The molecule has 2 aliphatic rings. The zero-order valence-electron chi connectivity index (χ0n) is 18.3. The van der Waals surface area contributed by atoms with E-state index in [2.05, 4.69) is 0 Å². The van der Waals surface area contributed by atoms with Crippen LogP contribution in [0.4, 0.5) is 0 Å². The highest BCUT2D eigenvalue weighted by atomic mass is 16.7. The molecule has 0 bridgehead atoms. The van der Waals surface area contributed by atoms with Crippen LogP contribution in [0.5, 0.6) is 28.7 Å². The third kappa shape index (κ3) is 3.81. The van der Waals surface area contributed by atoms with Crippen molar-refractivity contribution < 1.29 is 53.6 Å². The van der Waals surface area contributed by atoms with E-state index in [0.717, 1.165) is 0 Å². The van der Waals surface area contributed by atoms with Gasteiger partial charge in [0.2, 0.25) is 24.3 Å². The molecule has 3 heterocycles. The maximum Gasteiger partial charge on any atom is 0.231 e. The van der Waals surface area contributed by atoms with E-state index >= 15 is 0 Å². The standard InChI is InChI=1S/C23H22O12/c1-30-12-4-9(2-3-11(12)34-23-21(29)20(28)18(26)15(6-24)35-23)10-7-31-13-5-14-22(33-8-32-14)19(27)16(13)17(10)25/h2-5,7,15,18,20-21,23-24,26-29H,6,8H2,1H3/t15-,18-,20+,21-,23-/m1/s1. The molecule has 5 N–H and O–H groups in total. The van der Waals surface area contributed by atoms with Gasteiger partial charge in [-0.25, -0.2) is 0 Å². The number of aromatic hydroxyl groups is 1. The number of benzene rings is 2.